The van der Waals surface area contributed by atoms with E-state index in [4.69, 9.17) is 0 Å². The summed E-state index contributed by atoms with van der Waals surface area (Å²) in [6.07, 6.45) is 7.83. The molecule has 0 unspecified atom stereocenters. The zero-order chi connectivity index (χ0) is 15.5. The molecule has 22 heavy (non-hydrogen) atoms. The van der Waals surface area contributed by atoms with E-state index in [0.29, 0.717) is 12.6 Å². The number of carbonyl (C=O) groups is 1. The summed E-state index contributed by atoms with van der Waals surface area (Å²) in [6, 6.07) is 2.30. The molecule has 0 aromatic carbocycles. The number of aryl methyl sites for hydroxylation is 2. The molecule has 7 nitrogen and oxygen atoms in total. The minimum Gasteiger partial charge on any atom is -0.322 e. The van der Waals surface area contributed by atoms with Crippen LogP contribution in [-0.2, 0) is 18.4 Å². The van der Waals surface area contributed by atoms with Gasteiger partial charge in [-0.1, -0.05) is 0 Å². The molecule has 1 N–H and O–H groups in total. The second-order valence-corrected chi connectivity index (χ2v) is 5.84. The van der Waals surface area contributed by atoms with E-state index in [0.717, 1.165) is 37.3 Å². The summed E-state index contributed by atoms with van der Waals surface area (Å²) >= 11 is 0. The molecule has 7 heteroatoms. The molecule has 0 radical (unpaired) electrons. The van der Waals surface area contributed by atoms with Crippen LogP contribution in [0.1, 0.15) is 18.5 Å². The summed E-state index contributed by atoms with van der Waals surface area (Å²) in [7, 11) is 1.85. The van der Waals surface area contributed by atoms with Crippen molar-refractivity contribution in [3.63, 3.8) is 0 Å². The highest BCUT2D eigenvalue weighted by molar-refractivity contribution is 5.92. The van der Waals surface area contributed by atoms with Crippen LogP contribution >= 0.6 is 0 Å². The van der Waals surface area contributed by atoms with E-state index in [-0.39, 0.29) is 5.91 Å². The first-order chi connectivity index (χ1) is 10.6. The SMILES string of the molecule is Cc1nn(C)cc1NC(=O)CN1CCC[C@@H]1Cn1cccn1. The number of amides is 1. The van der Waals surface area contributed by atoms with Crippen LogP contribution in [0, 0.1) is 6.92 Å². The van der Waals surface area contributed by atoms with Crippen molar-refractivity contribution in [2.45, 2.75) is 32.4 Å². The summed E-state index contributed by atoms with van der Waals surface area (Å²) in [5.41, 5.74) is 1.63. The molecule has 0 bridgehead atoms. The highest BCUT2D eigenvalue weighted by atomic mass is 16.2. The largest absolute Gasteiger partial charge is 0.322 e. The first-order valence-corrected chi connectivity index (χ1v) is 7.63. The van der Waals surface area contributed by atoms with Gasteiger partial charge in [0, 0.05) is 31.7 Å². The Bertz CT molecular complexity index is 633. The molecule has 1 saturated heterocycles. The Balaban J connectivity index is 1.57. The smallest absolute Gasteiger partial charge is 0.238 e. The molecule has 3 heterocycles. The molecule has 1 fully saturated rings. The molecule has 2 aromatic heterocycles. The van der Waals surface area contributed by atoms with E-state index in [1.165, 1.54) is 0 Å². The van der Waals surface area contributed by atoms with Gasteiger partial charge < -0.3 is 5.32 Å². The van der Waals surface area contributed by atoms with Crippen molar-refractivity contribution >= 4 is 11.6 Å². The van der Waals surface area contributed by atoms with Crippen LogP contribution in [0.25, 0.3) is 0 Å². The van der Waals surface area contributed by atoms with Crippen molar-refractivity contribution in [2.24, 2.45) is 7.05 Å². The van der Waals surface area contributed by atoms with Gasteiger partial charge in [0.1, 0.15) is 0 Å². The van der Waals surface area contributed by atoms with E-state index in [2.05, 4.69) is 20.4 Å². The Labute approximate surface area is 129 Å². The minimum atomic E-state index is 0.0171. The molecule has 3 rings (SSSR count). The predicted octanol–water partition coefficient (Wildman–Crippen LogP) is 1.03. The van der Waals surface area contributed by atoms with E-state index in [1.54, 1.807) is 10.9 Å². The maximum Gasteiger partial charge on any atom is 0.238 e. The lowest BCUT2D eigenvalue weighted by molar-refractivity contribution is -0.117. The quantitative estimate of drug-likeness (QED) is 0.895. The number of aromatic nitrogens is 4. The zero-order valence-corrected chi connectivity index (χ0v) is 13.1. The number of carbonyl (C=O) groups excluding carboxylic acids is 1. The Morgan fingerprint density at radius 2 is 2.36 bits per heavy atom. The summed E-state index contributed by atoms with van der Waals surface area (Å²) in [5.74, 6) is 0.0171. The summed E-state index contributed by atoms with van der Waals surface area (Å²) in [6.45, 7) is 4.11. The third-order valence-corrected chi connectivity index (χ3v) is 4.09. The van der Waals surface area contributed by atoms with Crippen molar-refractivity contribution in [1.82, 2.24) is 24.5 Å². The van der Waals surface area contributed by atoms with Crippen LogP contribution in [0.4, 0.5) is 5.69 Å². The second-order valence-electron chi connectivity index (χ2n) is 5.84. The van der Waals surface area contributed by atoms with Gasteiger partial charge in [-0.2, -0.15) is 10.2 Å². The van der Waals surface area contributed by atoms with Gasteiger partial charge in [0.2, 0.25) is 5.91 Å². The number of likely N-dealkylation sites (tertiary alicyclic amines) is 1. The standard InChI is InChI=1S/C15H22N6O/c1-12-14(10-19(2)18-12)17-15(22)11-20-7-3-5-13(20)9-21-8-4-6-16-21/h4,6,8,10,13H,3,5,7,9,11H2,1-2H3,(H,17,22)/t13-/m1/s1. The summed E-state index contributed by atoms with van der Waals surface area (Å²) in [4.78, 5) is 14.5. The lowest BCUT2D eigenvalue weighted by atomic mass is 10.2. The highest BCUT2D eigenvalue weighted by Crippen LogP contribution is 2.19. The number of rotatable bonds is 5. The van der Waals surface area contributed by atoms with Crippen LogP contribution in [0.2, 0.25) is 0 Å². The van der Waals surface area contributed by atoms with Crippen molar-refractivity contribution in [3.05, 3.63) is 30.4 Å². The van der Waals surface area contributed by atoms with Gasteiger partial charge in [-0.25, -0.2) is 0 Å². The fraction of sp³-hybridized carbons (Fsp3) is 0.533. The van der Waals surface area contributed by atoms with Crippen LogP contribution in [0.5, 0.6) is 0 Å². The fourth-order valence-electron chi connectivity index (χ4n) is 3.03. The van der Waals surface area contributed by atoms with Crippen molar-refractivity contribution in [2.75, 3.05) is 18.4 Å². The zero-order valence-electron chi connectivity index (χ0n) is 13.1. The van der Waals surface area contributed by atoms with Crippen molar-refractivity contribution in [1.29, 1.82) is 0 Å². The molecule has 0 aliphatic carbocycles. The van der Waals surface area contributed by atoms with E-state index in [1.807, 2.05) is 37.1 Å². The van der Waals surface area contributed by atoms with Crippen LogP contribution in [0.3, 0.4) is 0 Å². The van der Waals surface area contributed by atoms with Gasteiger partial charge in [-0.3, -0.25) is 19.1 Å². The monoisotopic (exact) mass is 302 g/mol. The predicted molar refractivity (Wildman–Crippen MR) is 83.4 cm³/mol. The van der Waals surface area contributed by atoms with Gasteiger partial charge in [0.15, 0.2) is 0 Å². The number of anilines is 1. The number of hydrogen-bond acceptors (Lipinski definition) is 4. The van der Waals surface area contributed by atoms with E-state index in [9.17, 15) is 4.79 Å². The van der Waals surface area contributed by atoms with Gasteiger partial charge >= 0.3 is 0 Å². The van der Waals surface area contributed by atoms with Crippen LogP contribution in [-0.4, -0.2) is 49.5 Å². The minimum absolute atomic E-state index is 0.0171. The first kappa shape index (κ1) is 14.8. The third-order valence-electron chi connectivity index (χ3n) is 4.09. The molecule has 118 valence electrons. The Kier molecular flexibility index (Phi) is 4.24. The molecule has 0 spiro atoms. The van der Waals surface area contributed by atoms with Crippen LogP contribution in [0.15, 0.2) is 24.7 Å². The number of nitrogens with one attached hydrogen (secondary N) is 1. The molecule has 1 atom stereocenters. The first-order valence-electron chi connectivity index (χ1n) is 7.63. The van der Waals surface area contributed by atoms with Gasteiger partial charge in [0.25, 0.3) is 0 Å². The lowest BCUT2D eigenvalue weighted by Gasteiger charge is -2.23. The maximum absolute atomic E-state index is 12.3. The van der Waals surface area contributed by atoms with E-state index < -0.39 is 0 Å². The molecular formula is C15H22N6O. The molecule has 1 aliphatic rings. The molecule has 1 amide bonds. The molecule has 2 aromatic rings. The Morgan fingerprint density at radius 1 is 1.50 bits per heavy atom. The fourth-order valence-corrected chi connectivity index (χ4v) is 3.03. The summed E-state index contributed by atoms with van der Waals surface area (Å²) in [5, 5.41) is 11.4. The average Bonchev–Trinajstić information content (AvgIpc) is 3.16. The lowest BCUT2D eigenvalue weighted by Crippen LogP contribution is -2.39. The summed E-state index contributed by atoms with van der Waals surface area (Å²) < 4.78 is 3.65. The van der Waals surface area contributed by atoms with Gasteiger partial charge in [-0.05, 0) is 32.4 Å². The van der Waals surface area contributed by atoms with E-state index >= 15 is 0 Å². The number of nitrogens with zero attached hydrogens (tertiary/aromatic N) is 5. The maximum atomic E-state index is 12.3. The molecule has 1 aliphatic heterocycles. The molecule has 0 saturated carbocycles. The second kappa shape index (κ2) is 6.31. The third kappa shape index (κ3) is 3.36. The van der Waals surface area contributed by atoms with Gasteiger partial charge in [0.05, 0.1) is 24.5 Å². The Morgan fingerprint density at radius 3 is 3.05 bits per heavy atom. The molecular weight excluding hydrogens is 280 g/mol. The average molecular weight is 302 g/mol. The van der Waals surface area contributed by atoms with Crippen molar-refractivity contribution in [3.8, 4) is 0 Å². The topological polar surface area (TPSA) is 68.0 Å². The van der Waals surface area contributed by atoms with Crippen LogP contribution < -0.4 is 5.32 Å². The highest BCUT2D eigenvalue weighted by Gasteiger charge is 2.26. The Hall–Kier alpha value is -2.15. The number of hydrogen-bond donors (Lipinski definition) is 1. The van der Waals surface area contributed by atoms with Crippen molar-refractivity contribution < 1.29 is 4.79 Å². The van der Waals surface area contributed by atoms with Gasteiger partial charge in [-0.15, -0.1) is 0 Å². The normalized spacial score (nSPS) is 18.7.